The molecule has 0 spiro atoms. The maximum Gasteiger partial charge on any atom is 0.182 e. The topological polar surface area (TPSA) is 52.9 Å². The molecule has 0 aromatic heterocycles. The molecule has 1 heterocycles. The van der Waals surface area contributed by atoms with Crippen molar-refractivity contribution in [1.29, 1.82) is 0 Å². The van der Waals surface area contributed by atoms with Crippen LogP contribution < -0.4 is 0 Å². The van der Waals surface area contributed by atoms with Crippen molar-refractivity contribution in [3.05, 3.63) is 0 Å². The van der Waals surface area contributed by atoms with E-state index in [9.17, 15) is 10.2 Å². The molecule has 4 atom stereocenters. The smallest absolute Gasteiger partial charge is 0.182 e. The fourth-order valence-electron chi connectivity index (χ4n) is 1.72. The van der Waals surface area contributed by atoms with E-state index in [2.05, 4.69) is 0 Å². The van der Waals surface area contributed by atoms with Crippen LogP contribution in [0.3, 0.4) is 0 Å². The van der Waals surface area contributed by atoms with Crippen LogP contribution in [0.25, 0.3) is 0 Å². The average Bonchev–Trinajstić information content (AvgIpc) is 2.10. The van der Waals surface area contributed by atoms with E-state index in [0.29, 0.717) is 0 Å². The molecule has 0 saturated carbocycles. The van der Waals surface area contributed by atoms with E-state index in [1.165, 1.54) is 0 Å². The predicted octanol–water partition coefficient (Wildman–Crippen LogP) is -0.205. The third kappa shape index (κ3) is 2.40. The monoisotopic (exact) mass is 189 g/mol. The highest BCUT2D eigenvalue weighted by molar-refractivity contribution is 4.85. The maximum absolute atomic E-state index is 9.64. The molecule has 4 heteroatoms. The highest BCUT2D eigenvalue weighted by Gasteiger charge is 2.36. The van der Waals surface area contributed by atoms with Crippen LogP contribution in [0.4, 0.5) is 0 Å². The van der Waals surface area contributed by atoms with Crippen LogP contribution in [0.1, 0.15) is 20.3 Å². The molecule has 1 aliphatic rings. The first-order valence-corrected chi connectivity index (χ1v) is 4.78. The van der Waals surface area contributed by atoms with E-state index in [4.69, 9.17) is 4.74 Å². The van der Waals surface area contributed by atoms with Crippen LogP contribution in [-0.4, -0.2) is 53.2 Å². The van der Waals surface area contributed by atoms with Gasteiger partial charge in [-0.2, -0.15) is 0 Å². The van der Waals surface area contributed by atoms with Gasteiger partial charge < -0.3 is 19.8 Å². The number of rotatable bonds is 2. The van der Waals surface area contributed by atoms with Crippen molar-refractivity contribution >= 4 is 0 Å². The van der Waals surface area contributed by atoms with Crippen molar-refractivity contribution < 1.29 is 14.9 Å². The Morgan fingerprint density at radius 1 is 1.46 bits per heavy atom. The van der Waals surface area contributed by atoms with E-state index < -0.39 is 12.4 Å². The molecule has 1 fully saturated rings. The van der Waals surface area contributed by atoms with Crippen molar-refractivity contribution in [2.45, 2.75) is 44.8 Å². The summed E-state index contributed by atoms with van der Waals surface area (Å²) in [5.41, 5.74) is 0. The van der Waals surface area contributed by atoms with Gasteiger partial charge in [0.1, 0.15) is 6.10 Å². The molecule has 0 amide bonds. The Bertz CT molecular complexity index is 165. The summed E-state index contributed by atoms with van der Waals surface area (Å²) in [7, 11) is 1.94. The summed E-state index contributed by atoms with van der Waals surface area (Å²) in [5, 5.41) is 19.0. The first-order chi connectivity index (χ1) is 6.06. The molecule has 0 aliphatic carbocycles. The maximum atomic E-state index is 9.64. The molecule has 13 heavy (non-hydrogen) atoms. The van der Waals surface area contributed by atoms with Gasteiger partial charge >= 0.3 is 0 Å². The zero-order valence-corrected chi connectivity index (χ0v) is 8.47. The summed E-state index contributed by atoms with van der Waals surface area (Å²) in [6.45, 7) is 4.80. The third-order valence-electron chi connectivity index (χ3n) is 2.70. The van der Waals surface area contributed by atoms with Gasteiger partial charge in [0.2, 0.25) is 0 Å². The number of nitrogens with zero attached hydrogens (tertiary/aromatic N) is 1. The molecule has 1 saturated heterocycles. The number of aliphatic hydroxyl groups is 2. The second-order valence-corrected chi connectivity index (χ2v) is 3.70. The van der Waals surface area contributed by atoms with Gasteiger partial charge in [-0.25, -0.2) is 0 Å². The van der Waals surface area contributed by atoms with E-state index in [1.807, 2.05) is 25.8 Å². The third-order valence-corrected chi connectivity index (χ3v) is 2.70. The Labute approximate surface area is 79.1 Å². The van der Waals surface area contributed by atoms with Gasteiger partial charge in [0.15, 0.2) is 6.29 Å². The van der Waals surface area contributed by atoms with Gasteiger partial charge in [-0.05, 0) is 26.9 Å². The van der Waals surface area contributed by atoms with E-state index in [-0.39, 0.29) is 12.1 Å². The Morgan fingerprint density at radius 3 is 2.62 bits per heavy atom. The van der Waals surface area contributed by atoms with Gasteiger partial charge in [-0.1, -0.05) is 6.92 Å². The number of likely N-dealkylation sites (N-methyl/N-ethyl adjacent to an activating group) is 1. The normalized spacial score (nSPS) is 41.1. The second kappa shape index (κ2) is 4.37. The Hall–Kier alpha value is -0.160. The molecular weight excluding hydrogens is 170 g/mol. The molecule has 4 nitrogen and oxygen atoms in total. The lowest BCUT2D eigenvalue weighted by Crippen LogP contribution is -2.54. The lowest BCUT2D eigenvalue weighted by molar-refractivity contribution is -0.231. The average molecular weight is 189 g/mol. The molecule has 0 aromatic carbocycles. The molecule has 78 valence electrons. The molecule has 0 aromatic rings. The van der Waals surface area contributed by atoms with Gasteiger partial charge in [0.25, 0.3) is 0 Å². The SMILES string of the molecule is CCN(C)C1CC(C)OC(O)[C@@H]1O. The van der Waals surface area contributed by atoms with E-state index >= 15 is 0 Å². The van der Waals surface area contributed by atoms with Crippen LogP contribution in [0.5, 0.6) is 0 Å². The summed E-state index contributed by atoms with van der Waals surface area (Å²) >= 11 is 0. The Morgan fingerprint density at radius 2 is 2.08 bits per heavy atom. The van der Waals surface area contributed by atoms with Crippen molar-refractivity contribution in [2.24, 2.45) is 0 Å². The standard InChI is InChI=1S/C9H19NO3/c1-4-10(3)7-5-6(2)13-9(12)8(7)11/h6-9,11-12H,4-5H2,1-3H3/t6?,7?,8-,9?/m1/s1. The fraction of sp³-hybridized carbons (Fsp3) is 1.00. The van der Waals surface area contributed by atoms with Gasteiger partial charge in [0, 0.05) is 6.04 Å². The van der Waals surface area contributed by atoms with E-state index in [0.717, 1.165) is 13.0 Å². The van der Waals surface area contributed by atoms with Crippen LogP contribution in [-0.2, 0) is 4.74 Å². The quantitative estimate of drug-likeness (QED) is 0.631. The fourth-order valence-corrected chi connectivity index (χ4v) is 1.72. The molecule has 0 radical (unpaired) electrons. The minimum Gasteiger partial charge on any atom is -0.386 e. The minimum atomic E-state index is -1.04. The van der Waals surface area contributed by atoms with Gasteiger partial charge in [-0.3, -0.25) is 0 Å². The molecule has 3 unspecified atom stereocenters. The highest BCUT2D eigenvalue weighted by Crippen LogP contribution is 2.21. The largest absolute Gasteiger partial charge is 0.386 e. The number of hydrogen-bond acceptors (Lipinski definition) is 4. The van der Waals surface area contributed by atoms with Gasteiger partial charge in [0.05, 0.1) is 6.10 Å². The molecule has 0 bridgehead atoms. The summed E-state index contributed by atoms with van der Waals surface area (Å²) in [6, 6.07) is 0.00347. The predicted molar refractivity (Wildman–Crippen MR) is 49.3 cm³/mol. The Balaban J connectivity index is 2.60. The van der Waals surface area contributed by atoms with Crippen LogP contribution in [0.15, 0.2) is 0 Å². The van der Waals surface area contributed by atoms with Crippen molar-refractivity contribution in [3.63, 3.8) is 0 Å². The van der Waals surface area contributed by atoms with Crippen LogP contribution in [0, 0.1) is 0 Å². The summed E-state index contributed by atoms with van der Waals surface area (Å²) in [4.78, 5) is 2.03. The summed E-state index contributed by atoms with van der Waals surface area (Å²) < 4.78 is 5.10. The second-order valence-electron chi connectivity index (χ2n) is 3.70. The first kappa shape index (κ1) is 10.9. The minimum absolute atomic E-state index is 0.00347. The van der Waals surface area contributed by atoms with Crippen molar-refractivity contribution in [1.82, 2.24) is 4.90 Å². The first-order valence-electron chi connectivity index (χ1n) is 4.78. The van der Waals surface area contributed by atoms with Crippen molar-refractivity contribution in [2.75, 3.05) is 13.6 Å². The molecular formula is C9H19NO3. The highest BCUT2D eigenvalue weighted by atomic mass is 16.6. The Kier molecular flexibility index (Phi) is 3.67. The van der Waals surface area contributed by atoms with Crippen LogP contribution in [0.2, 0.25) is 0 Å². The summed E-state index contributed by atoms with van der Waals surface area (Å²) in [6.07, 6.45) is -1.05. The number of aliphatic hydroxyl groups excluding tert-OH is 2. The number of ether oxygens (including phenoxy) is 1. The van der Waals surface area contributed by atoms with E-state index in [1.54, 1.807) is 0 Å². The van der Waals surface area contributed by atoms with Crippen molar-refractivity contribution in [3.8, 4) is 0 Å². The zero-order chi connectivity index (χ0) is 10.0. The molecule has 1 aliphatic heterocycles. The van der Waals surface area contributed by atoms with Gasteiger partial charge in [-0.15, -0.1) is 0 Å². The lowest BCUT2D eigenvalue weighted by Gasteiger charge is -2.40. The number of hydrogen-bond donors (Lipinski definition) is 2. The summed E-state index contributed by atoms with van der Waals surface area (Å²) in [5.74, 6) is 0. The zero-order valence-electron chi connectivity index (χ0n) is 8.47. The lowest BCUT2D eigenvalue weighted by atomic mass is 9.99. The van der Waals surface area contributed by atoms with Crippen LogP contribution >= 0.6 is 0 Å². The molecule has 2 N–H and O–H groups in total. The molecule has 1 rings (SSSR count).